The minimum Gasteiger partial charge on any atom is -0.364 e. The first kappa shape index (κ1) is 14.7. The molecular formula is C17H20N4OS. The van der Waals surface area contributed by atoms with Crippen molar-refractivity contribution in [3.63, 3.8) is 0 Å². The molecule has 5 nitrogen and oxygen atoms in total. The molecule has 0 atom stereocenters. The van der Waals surface area contributed by atoms with E-state index in [9.17, 15) is 4.79 Å². The minimum absolute atomic E-state index is 0.139. The van der Waals surface area contributed by atoms with Crippen LogP contribution in [0.15, 0.2) is 29.1 Å². The van der Waals surface area contributed by atoms with E-state index in [0.29, 0.717) is 5.82 Å². The van der Waals surface area contributed by atoms with Gasteiger partial charge in [0.2, 0.25) is 0 Å². The van der Waals surface area contributed by atoms with Crippen LogP contribution >= 0.6 is 11.3 Å². The van der Waals surface area contributed by atoms with Gasteiger partial charge >= 0.3 is 0 Å². The van der Waals surface area contributed by atoms with Crippen LogP contribution in [0.1, 0.15) is 19.3 Å². The summed E-state index contributed by atoms with van der Waals surface area (Å²) in [5.74, 6) is 0.432. The van der Waals surface area contributed by atoms with Crippen LogP contribution in [0, 0.1) is 0 Å². The van der Waals surface area contributed by atoms with Gasteiger partial charge in [0.05, 0.1) is 5.52 Å². The maximum Gasteiger partial charge on any atom is 0.291 e. The maximum atomic E-state index is 12.3. The van der Waals surface area contributed by atoms with Crippen molar-refractivity contribution in [3.05, 3.63) is 34.6 Å². The lowest BCUT2D eigenvalue weighted by molar-refractivity contribution is 0.237. The van der Waals surface area contributed by atoms with Crippen LogP contribution in [0.3, 0.4) is 0 Å². The van der Waals surface area contributed by atoms with Crippen molar-refractivity contribution >= 4 is 37.6 Å². The molecule has 1 aliphatic heterocycles. The van der Waals surface area contributed by atoms with Crippen molar-refractivity contribution in [2.75, 3.05) is 31.5 Å². The first-order chi connectivity index (χ1) is 11.3. The number of rotatable bonds is 4. The summed E-state index contributed by atoms with van der Waals surface area (Å²) in [5.41, 5.74) is 0.705. The zero-order chi connectivity index (χ0) is 15.6. The molecule has 0 aliphatic carbocycles. The van der Waals surface area contributed by atoms with E-state index in [-0.39, 0.29) is 5.56 Å². The number of benzene rings is 1. The average molecular weight is 328 g/mol. The lowest BCUT2D eigenvalue weighted by Crippen LogP contribution is -2.34. The number of hydrogen-bond acceptors (Lipinski definition) is 5. The average Bonchev–Trinajstić information content (AvgIpc) is 2.93. The summed E-state index contributed by atoms with van der Waals surface area (Å²) in [6, 6.07) is 8.07. The highest BCUT2D eigenvalue weighted by Gasteiger charge is 2.12. The van der Waals surface area contributed by atoms with Crippen LogP contribution in [0.4, 0.5) is 5.82 Å². The monoisotopic (exact) mass is 328 g/mol. The van der Waals surface area contributed by atoms with Gasteiger partial charge in [-0.3, -0.25) is 4.79 Å². The number of anilines is 1. The summed E-state index contributed by atoms with van der Waals surface area (Å²) in [4.78, 5) is 23.1. The third kappa shape index (κ3) is 2.96. The fraction of sp³-hybridized carbons (Fsp3) is 0.412. The van der Waals surface area contributed by atoms with Gasteiger partial charge in [-0.15, -0.1) is 11.3 Å². The van der Waals surface area contributed by atoms with Gasteiger partial charge < -0.3 is 15.2 Å². The van der Waals surface area contributed by atoms with E-state index in [2.05, 4.69) is 26.3 Å². The number of likely N-dealkylation sites (tertiary alicyclic amines) is 1. The van der Waals surface area contributed by atoms with E-state index in [4.69, 9.17) is 0 Å². The molecule has 0 bridgehead atoms. The molecule has 23 heavy (non-hydrogen) atoms. The van der Waals surface area contributed by atoms with Gasteiger partial charge in [-0.05, 0) is 32.0 Å². The van der Waals surface area contributed by atoms with Gasteiger partial charge in [-0.1, -0.05) is 24.6 Å². The van der Waals surface area contributed by atoms with Crippen molar-refractivity contribution in [2.24, 2.45) is 0 Å². The number of fused-ring (bicyclic) bond motifs is 3. The van der Waals surface area contributed by atoms with E-state index in [0.717, 1.165) is 33.5 Å². The number of hydrogen-bond donors (Lipinski definition) is 2. The van der Waals surface area contributed by atoms with Crippen LogP contribution in [-0.4, -0.2) is 41.0 Å². The third-order valence-electron chi connectivity index (χ3n) is 4.41. The maximum absolute atomic E-state index is 12.3. The van der Waals surface area contributed by atoms with Crippen LogP contribution in [0.2, 0.25) is 0 Å². The number of nitrogens with one attached hydrogen (secondary N) is 2. The summed E-state index contributed by atoms with van der Waals surface area (Å²) in [6.45, 7) is 4.06. The Morgan fingerprint density at radius 2 is 2.04 bits per heavy atom. The first-order valence-electron chi connectivity index (χ1n) is 8.19. The highest BCUT2D eigenvalue weighted by atomic mass is 32.1. The molecule has 1 aliphatic rings. The van der Waals surface area contributed by atoms with Crippen LogP contribution in [-0.2, 0) is 0 Å². The summed E-state index contributed by atoms with van der Waals surface area (Å²) < 4.78 is 1.15. The number of thiophene rings is 1. The fourth-order valence-electron chi connectivity index (χ4n) is 3.19. The zero-order valence-electron chi connectivity index (χ0n) is 13.0. The summed E-state index contributed by atoms with van der Waals surface area (Å²) in [5, 5.41) is 4.27. The molecule has 3 heterocycles. The van der Waals surface area contributed by atoms with Crippen molar-refractivity contribution in [2.45, 2.75) is 19.3 Å². The van der Waals surface area contributed by atoms with Gasteiger partial charge in [-0.25, -0.2) is 4.98 Å². The Balaban J connectivity index is 1.54. The molecule has 120 valence electrons. The Hall–Kier alpha value is -1.92. The lowest BCUT2D eigenvalue weighted by Gasteiger charge is -2.26. The highest BCUT2D eigenvalue weighted by molar-refractivity contribution is 7.25. The molecule has 6 heteroatoms. The van der Waals surface area contributed by atoms with E-state index >= 15 is 0 Å². The molecular weight excluding hydrogens is 308 g/mol. The van der Waals surface area contributed by atoms with Crippen LogP contribution in [0.5, 0.6) is 0 Å². The van der Waals surface area contributed by atoms with Crippen LogP contribution < -0.4 is 10.9 Å². The molecule has 0 radical (unpaired) electrons. The summed E-state index contributed by atoms with van der Waals surface area (Å²) >= 11 is 1.61. The van der Waals surface area contributed by atoms with Gasteiger partial charge in [0.25, 0.3) is 5.56 Å². The lowest BCUT2D eigenvalue weighted by atomic mass is 10.1. The Kier molecular flexibility index (Phi) is 4.01. The van der Waals surface area contributed by atoms with E-state index < -0.39 is 0 Å². The van der Waals surface area contributed by atoms with Crippen molar-refractivity contribution in [3.8, 4) is 0 Å². The van der Waals surface area contributed by atoms with Crippen molar-refractivity contribution in [1.82, 2.24) is 14.9 Å². The minimum atomic E-state index is -0.139. The molecule has 0 unspecified atom stereocenters. The number of H-pyrrole nitrogens is 1. The van der Waals surface area contributed by atoms with Crippen molar-refractivity contribution in [1.29, 1.82) is 0 Å². The topological polar surface area (TPSA) is 61.0 Å². The first-order valence-corrected chi connectivity index (χ1v) is 9.01. The second kappa shape index (κ2) is 6.29. The van der Waals surface area contributed by atoms with Gasteiger partial charge in [-0.2, -0.15) is 0 Å². The molecule has 2 N–H and O–H groups in total. The molecule has 1 aromatic carbocycles. The van der Waals surface area contributed by atoms with E-state index in [1.165, 1.54) is 32.4 Å². The van der Waals surface area contributed by atoms with E-state index in [1.54, 1.807) is 11.3 Å². The zero-order valence-corrected chi connectivity index (χ0v) is 13.8. The molecule has 2 aromatic heterocycles. The number of aromatic nitrogens is 2. The molecule has 4 rings (SSSR count). The smallest absolute Gasteiger partial charge is 0.291 e. The van der Waals surface area contributed by atoms with Crippen molar-refractivity contribution < 1.29 is 0 Å². The van der Waals surface area contributed by atoms with Gasteiger partial charge in [0, 0.05) is 23.2 Å². The van der Waals surface area contributed by atoms with E-state index in [1.807, 2.05) is 18.2 Å². The predicted molar refractivity (Wildman–Crippen MR) is 96.5 cm³/mol. The molecule has 0 amide bonds. The predicted octanol–water partition coefficient (Wildman–Crippen LogP) is 3.04. The van der Waals surface area contributed by atoms with Gasteiger partial charge in [0.15, 0.2) is 5.82 Å². The van der Waals surface area contributed by atoms with Crippen LogP contribution in [0.25, 0.3) is 20.4 Å². The fourth-order valence-corrected chi connectivity index (χ4v) is 4.23. The molecule has 1 fully saturated rings. The second-order valence-corrected chi connectivity index (χ2v) is 7.05. The molecule has 1 saturated heterocycles. The summed E-state index contributed by atoms with van der Waals surface area (Å²) in [7, 11) is 0. The Morgan fingerprint density at radius 3 is 2.91 bits per heavy atom. The molecule has 0 spiro atoms. The Bertz CT molecular complexity index is 879. The highest BCUT2D eigenvalue weighted by Crippen LogP contribution is 2.30. The number of piperidine rings is 1. The Labute approximate surface area is 138 Å². The van der Waals surface area contributed by atoms with Gasteiger partial charge in [0.1, 0.15) is 4.83 Å². The number of aromatic amines is 1. The quantitative estimate of drug-likeness (QED) is 0.773. The number of nitrogens with zero attached hydrogens (tertiary/aromatic N) is 2. The molecule has 3 aromatic rings. The second-order valence-electron chi connectivity index (χ2n) is 6.02. The Morgan fingerprint density at radius 1 is 1.22 bits per heavy atom. The third-order valence-corrected chi connectivity index (χ3v) is 5.48. The molecule has 0 saturated carbocycles. The standard InChI is InChI=1S/C17H20N4OS/c22-16-15(18-8-11-21-9-4-1-5-10-21)20-17-14(19-16)12-6-2-3-7-13(12)23-17/h2-3,6-7H,1,4-5,8-11H2,(H,18,20)(H,19,22). The largest absolute Gasteiger partial charge is 0.364 e. The SMILES string of the molecule is O=c1[nH]c2c(nc1NCCN1CCCCC1)sc1ccccc12. The normalized spacial score (nSPS) is 16.2. The summed E-state index contributed by atoms with van der Waals surface area (Å²) in [6.07, 6.45) is 3.91.